The zero-order valence-electron chi connectivity index (χ0n) is 11.6. The number of amides is 1. The average molecular weight is 303 g/mol. The van der Waals surface area contributed by atoms with Gasteiger partial charge in [0.1, 0.15) is 0 Å². The van der Waals surface area contributed by atoms with E-state index in [1.165, 1.54) is 4.88 Å². The van der Waals surface area contributed by atoms with Gasteiger partial charge >= 0.3 is 0 Å². The Hall–Kier alpha value is -0.580. The predicted molar refractivity (Wildman–Crippen MR) is 83.0 cm³/mol. The van der Waals surface area contributed by atoms with E-state index >= 15 is 0 Å². The molecule has 1 fully saturated rings. The van der Waals surface area contributed by atoms with Crippen LogP contribution >= 0.6 is 23.7 Å². The lowest BCUT2D eigenvalue weighted by atomic mass is 9.94. The smallest absolute Gasteiger partial charge is 0.223 e. The Balaban J connectivity index is 0.00000180. The molecule has 1 amide bonds. The van der Waals surface area contributed by atoms with Gasteiger partial charge in [-0.1, -0.05) is 6.07 Å². The summed E-state index contributed by atoms with van der Waals surface area (Å²) < 4.78 is 0. The van der Waals surface area contributed by atoms with E-state index in [9.17, 15) is 4.79 Å². The lowest BCUT2D eigenvalue weighted by Crippen LogP contribution is -2.34. The minimum Gasteiger partial charge on any atom is -0.338 e. The second kappa shape index (κ2) is 7.88. The van der Waals surface area contributed by atoms with Gasteiger partial charge in [-0.25, -0.2) is 0 Å². The molecule has 0 radical (unpaired) electrons. The minimum absolute atomic E-state index is 0. The number of hydrogen-bond donors (Lipinski definition) is 1. The van der Waals surface area contributed by atoms with Crippen molar-refractivity contribution in [3.8, 4) is 0 Å². The molecule has 0 spiro atoms. The molecule has 3 nitrogen and oxygen atoms in total. The molecule has 1 N–H and O–H groups in total. The molecule has 0 saturated carbocycles. The van der Waals surface area contributed by atoms with Crippen LogP contribution in [0.15, 0.2) is 17.5 Å². The van der Waals surface area contributed by atoms with Gasteiger partial charge in [-0.15, -0.1) is 23.7 Å². The third kappa shape index (κ3) is 4.48. The maximum absolute atomic E-state index is 12.3. The molecule has 108 valence electrons. The number of halogens is 1. The quantitative estimate of drug-likeness (QED) is 0.927. The molecule has 2 heterocycles. The first-order valence-electron chi connectivity index (χ1n) is 6.68. The van der Waals surface area contributed by atoms with Crippen molar-refractivity contribution in [2.75, 3.05) is 20.1 Å². The standard InChI is InChI=1S/C14H22N2OS.ClH/c1-11(13-4-3-9-18-13)16(2)14(17)10-12-5-7-15-8-6-12;/h3-4,9,11-12,15H,5-8,10H2,1-2H3;1H. The number of carbonyl (C=O) groups excluding carboxylic acids is 1. The molecule has 19 heavy (non-hydrogen) atoms. The van der Waals surface area contributed by atoms with E-state index in [4.69, 9.17) is 0 Å². The van der Waals surface area contributed by atoms with Gasteiger partial charge in [-0.05, 0) is 50.2 Å². The second-order valence-electron chi connectivity index (χ2n) is 5.09. The molecular weight excluding hydrogens is 280 g/mol. The Kier molecular flexibility index (Phi) is 6.83. The first kappa shape index (κ1) is 16.5. The van der Waals surface area contributed by atoms with E-state index in [2.05, 4.69) is 23.7 Å². The summed E-state index contributed by atoms with van der Waals surface area (Å²) in [5.74, 6) is 0.847. The number of carbonyl (C=O) groups is 1. The summed E-state index contributed by atoms with van der Waals surface area (Å²) in [4.78, 5) is 15.4. The molecule has 5 heteroatoms. The van der Waals surface area contributed by atoms with Crippen molar-refractivity contribution in [3.63, 3.8) is 0 Å². The second-order valence-corrected chi connectivity index (χ2v) is 6.07. The highest BCUT2D eigenvalue weighted by molar-refractivity contribution is 7.10. The van der Waals surface area contributed by atoms with Crippen LogP contribution < -0.4 is 5.32 Å². The Morgan fingerprint density at radius 1 is 1.53 bits per heavy atom. The zero-order valence-corrected chi connectivity index (χ0v) is 13.2. The van der Waals surface area contributed by atoms with Crippen LogP contribution in [-0.4, -0.2) is 30.9 Å². The van der Waals surface area contributed by atoms with Gasteiger partial charge < -0.3 is 10.2 Å². The molecular formula is C14H23ClN2OS. The van der Waals surface area contributed by atoms with Crippen molar-refractivity contribution in [2.45, 2.75) is 32.2 Å². The SMILES string of the molecule is CC(c1cccs1)N(C)C(=O)CC1CCNCC1.Cl. The first-order valence-corrected chi connectivity index (χ1v) is 7.56. The van der Waals surface area contributed by atoms with E-state index in [0.717, 1.165) is 25.9 Å². The first-order chi connectivity index (χ1) is 8.68. The molecule has 2 rings (SSSR count). The van der Waals surface area contributed by atoms with Gasteiger partial charge in [-0.2, -0.15) is 0 Å². The van der Waals surface area contributed by atoms with Crippen LogP contribution in [0.2, 0.25) is 0 Å². The van der Waals surface area contributed by atoms with E-state index < -0.39 is 0 Å². The van der Waals surface area contributed by atoms with Gasteiger partial charge in [0.2, 0.25) is 5.91 Å². The maximum atomic E-state index is 12.3. The Labute approximate surface area is 125 Å². The Morgan fingerprint density at radius 2 is 2.21 bits per heavy atom. The normalized spacial score (nSPS) is 17.6. The number of hydrogen-bond acceptors (Lipinski definition) is 3. The molecule has 0 bridgehead atoms. The highest BCUT2D eigenvalue weighted by Gasteiger charge is 2.22. The third-order valence-electron chi connectivity index (χ3n) is 3.85. The van der Waals surface area contributed by atoms with Gasteiger partial charge in [0.15, 0.2) is 0 Å². The van der Waals surface area contributed by atoms with Crippen LogP contribution in [0.25, 0.3) is 0 Å². The average Bonchev–Trinajstić information content (AvgIpc) is 2.92. The summed E-state index contributed by atoms with van der Waals surface area (Å²) in [5.41, 5.74) is 0. The van der Waals surface area contributed by atoms with Crippen LogP contribution in [0.1, 0.15) is 37.1 Å². The fraction of sp³-hybridized carbons (Fsp3) is 0.643. The van der Waals surface area contributed by atoms with E-state index in [0.29, 0.717) is 12.3 Å². The number of piperidine rings is 1. The van der Waals surface area contributed by atoms with Crippen LogP contribution in [0.4, 0.5) is 0 Å². The lowest BCUT2D eigenvalue weighted by Gasteiger charge is -2.28. The molecule has 1 aromatic rings. The minimum atomic E-state index is 0. The number of rotatable bonds is 4. The van der Waals surface area contributed by atoms with Crippen molar-refractivity contribution in [3.05, 3.63) is 22.4 Å². The summed E-state index contributed by atoms with van der Waals surface area (Å²) >= 11 is 1.72. The largest absolute Gasteiger partial charge is 0.338 e. The molecule has 1 aliphatic rings. The molecule has 1 aliphatic heterocycles. The van der Waals surface area contributed by atoms with E-state index in [1.807, 2.05) is 18.0 Å². The third-order valence-corrected chi connectivity index (χ3v) is 4.89. The van der Waals surface area contributed by atoms with Crippen LogP contribution in [-0.2, 0) is 4.79 Å². The maximum Gasteiger partial charge on any atom is 0.223 e. The highest BCUT2D eigenvalue weighted by Crippen LogP contribution is 2.25. The predicted octanol–water partition coefficient (Wildman–Crippen LogP) is 3.08. The Bertz CT molecular complexity index is 377. The molecule has 1 atom stereocenters. The highest BCUT2D eigenvalue weighted by atomic mass is 35.5. The summed E-state index contributed by atoms with van der Waals surface area (Å²) in [6.07, 6.45) is 2.97. The summed E-state index contributed by atoms with van der Waals surface area (Å²) in [6.45, 7) is 4.22. The fourth-order valence-corrected chi connectivity index (χ4v) is 3.24. The summed E-state index contributed by atoms with van der Waals surface area (Å²) in [7, 11) is 1.92. The van der Waals surface area contributed by atoms with Crippen LogP contribution in [0.5, 0.6) is 0 Å². The van der Waals surface area contributed by atoms with Crippen LogP contribution in [0.3, 0.4) is 0 Å². The van der Waals surface area contributed by atoms with Crippen molar-refractivity contribution < 1.29 is 4.79 Å². The summed E-state index contributed by atoms with van der Waals surface area (Å²) in [5, 5.41) is 5.41. The molecule has 0 aromatic carbocycles. The Morgan fingerprint density at radius 3 is 2.79 bits per heavy atom. The zero-order chi connectivity index (χ0) is 13.0. The van der Waals surface area contributed by atoms with E-state index in [-0.39, 0.29) is 24.4 Å². The molecule has 1 aromatic heterocycles. The number of thiophene rings is 1. The molecule has 1 unspecified atom stereocenters. The van der Waals surface area contributed by atoms with Gasteiger partial charge in [0, 0.05) is 18.3 Å². The fourth-order valence-electron chi connectivity index (χ4n) is 2.41. The lowest BCUT2D eigenvalue weighted by molar-refractivity contribution is -0.132. The molecule has 1 saturated heterocycles. The summed E-state index contributed by atoms with van der Waals surface area (Å²) in [6, 6.07) is 4.34. The van der Waals surface area contributed by atoms with Crippen molar-refractivity contribution >= 4 is 29.7 Å². The topological polar surface area (TPSA) is 32.3 Å². The van der Waals surface area contributed by atoms with Crippen molar-refractivity contribution in [1.29, 1.82) is 0 Å². The van der Waals surface area contributed by atoms with Gasteiger partial charge in [-0.3, -0.25) is 4.79 Å². The van der Waals surface area contributed by atoms with Gasteiger partial charge in [0.05, 0.1) is 6.04 Å². The number of nitrogens with zero attached hydrogens (tertiary/aromatic N) is 1. The number of nitrogens with one attached hydrogen (secondary N) is 1. The van der Waals surface area contributed by atoms with Crippen LogP contribution in [0, 0.1) is 5.92 Å². The van der Waals surface area contributed by atoms with Crippen molar-refractivity contribution in [2.24, 2.45) is 5.92 Å². The van der Waals surface area contributed by atoms with Crippen molar-refractivity contribution in [1.82, 2.24) is 10.2 Å². The van der Waals surface area contributed by atoms with Gasteiger partial charge in [0.25, 0.3) is 0 Å². The molecule has 0 aliphatic carbocycles. The van der Waals surface area contributed by atoms with E-state index in [1.54, 1.807) is 11.3 Å². The monoisotopic (exact) mass is 302 g/mol.